The number of thiophene rings is 1. The SMILES string of the molecule is Cc1sc(Br)cc1S(=O)(=O)NCCC(=O)NC(C)(C)C. The quantitative estimate of drug-likeness (QED) is 0.820. The van der Waals surface area contributed by atoms with Crippen molar-refractivity contribution in [3.8, 4) is 0 Å². The second-order valence-electron chi connectivity index (χ2n) is 5.42. The molecule has 0 fully saturated rings. The van der Waals surface area contributed by atoms with Gasteiger partial charge in [0.25, 0.3) is 0 Å². The summed E-state index contributed by atoms with van der Waals surface area (Å²) in [6, 6.07) is 1.57. The Bertz CT molecular complexity index is 588. The highest BCUT2D eigenvalue weighted by molar-refractivity contribution is 9.11. The minimum Gasteiger partial charge on any atom is -0.351 e. The molecule has 1 amide bonds. The summed E-state index contributed by atoms with van der Waals surface area (Å²) in [4.78, 5) is 12.6. The van der Waals surface area contributed by atoms with Crippen LogP contribution in [0, 0.1) is 6.92 Å². The van der Waals surface area contributed by atoms with Crippen molar-refractivity contribution in [2.45, 2.75) is 44.6 Å². The van der Waals surface area contributed by atoms with E-state index < -0.39 is 10.0 Å². The fourth-order valence-corrected chi connectivity index (χ4v) is 5.00. The number of sulfonamides is 1. The predicted molar refractivity (Wildman–Crippen MR) is 84.5 cm³/mol. The van der Waals surface area contributed by atoms with Crippen LogP contribution in [0.15, 0.2) is 14.7 Å². The zero-order chi connectivity index (χ0) is 15.6. The third kappa shape index (κ3) is 5.51. The van der Waals surface area contributed by atoms with E-state index in [1.165, 1.54) is 11.3 Å². The first kappa shape index (κ1) is 17.6. The van der Waals surface area contributed by atoms with E-state index in [2.05, 4.69) is 26.0 Å². The molecule has 0 bridgehead atoms. The third-order valence-corrected chi connectivity index (χ3v) is 5.56. The third-order valence-electron chi connectivity index (χ3n) is 2.29. The van der Waals surface area contributed by atoms with Crippen LogP contribution in [0.5, 0.6) is 0 Å². The van der Waals surface area contributed by atoms with Gasteiger partial charge in [-0.05, 0) is 49.7 Å². The molecule has 114 valence electrons. The van der Waals surface area contributed by atoms with Crippen molar-refractivity contribution in [3.63, 3.8) is 0 Å². The van der Waals surface area contributed by atoms with Gasteiger partial charge in [-0.15, -0.1) is 11.3 Å². The summed E-state index contributed by atoms with van der Waals surface area (Å²) >= 11 is 4.62. The maximum absolute atomic E-state index is 12.1. The van der Waals surface area contributed by atoms with Crippen LogP contribution in [-0.4, -0.2) is 26.4 Å². The van der Waals surface area contributed by atoms with Crippen molar-refractivity contribution < 1.29 is 13.2 Å². The molecule has 0 aromatic carbocycles. The number of carbonyl (C=O) groups is 1. The molecule has 20 heavy (non-hydrogen) atoms. The summed E-state index contributed by atoms with van der Waals surface area (Å²) in [5.41, 5.74) is -0.315. The first-order valence-electron chi connectivity index (χ1n) is 6.08. The van der Waals surface area contributed by atoms with Crippen molar-refractivity contribution in [2.75, 3.05) is 6.54 Å². The Morgan fingerprint density at radius 1 is 1.40 bits per heavy atom. The fraction of sp³-hybridized carbons (Fsp3) is 0.583. The van der Waals surface area contributed by atoms with Gasteiger partial charge in [0.15, 0.2) is 0 Å². The van der Waals surface area contributed by atoms with E-state index >= 15 is 0 Å². The lowest BCUT2D eigenvalue weighted by Gasteiger charge is -2.20. The molecule has 0 saturated carbocycles. The molecule has 1 aromatic heterocycles. The molecule has 5 nitrogen and oxygen atoms in total. The van der Waals surface area contributed by atoms with Gasteiger partial charge in [0.1, 0.15) is 0 Å². The molecule has 0 saturated heterocycles. The highest BCUT2D eigenvalue weighted by Gasteiger charge is 2.20. The van der Waals surface area contributed by atoms with E-state index in [1.807, 2.05) is 20.8 Å². The van der Waals surface area contributed by atoms with E-state index in [4.69, 9.17) is 0 Å². The number of hydrogen-bond acceptors (Lipinski definition) is 4. The Balaban J connectivity index is 2.57. The number of halogens is 1. The minimum absolute atomic E-state index is 0.0805. The molecule has 0 aliphatic rings. The Morgan fingerprint density at radius 2 is 2.00 bits per heavy atom. The van der Waals surface area contributed by atoms with Gasteiger partial charge in [0, 0.05) is 23.4 Å². The van der Waals surface area contributed by atoms with Crippen LogP contribution in [-0.2, 0) is 14.8 Å². The number of rotatable bonds is 5. The standard InChI is InChI=1S/C12H19BrN2O3S2/c1-8-9(7-10(13)19-8)20(17,18)14-6-5-11(16)15-12(2,3)4/h7,14H,5-6H2,1-4H3,(H,15,16). The van der Waals surface area contributed by atoms with E-state index in [9.17, 15) is 13.2 Å². The van der Waals surface area contributed by atoms with Gasteiger partial charge in [0.05, 0.1) is 8.68 Å². The van der Waals surface area contributed by atoms with Crippen molar-refractivity contribution in [1.29, 1.82) is 0 Å². The van der Waals surface area contributed by atoms with E-state index in [0.717, 1.165) is 3.79 Å². The average molecular weight is 383 g/mol. The molecular weight excluding hydrogens is 364 g/mol. The van der Waals surface area contributed by atoms with Crippen molar-refractivity contribution in [1.82, 2.24) is 10.0 Å². The summed E-state index contributed by atoms with van der Waals surface area (Å²) in [6.45, 7) is 7.46. The smallest absolute Gasteiger partial charge is 0.241 e. The van der Waals surface area contributed by atoms with Crippen LogP contribution >= 0.6 is 27.3 Å². The number of nitrogens with one attached hydrogen (secondary N) is 2. The Morgan fingerprint density at radius 3 is 2.45 bits per heavy atom. The van der Waals surface area contributed by atoms with E-state index in [0.29, 0.717) is 4.88 Å². The first-order valence-corrected chi connectivity index (χ1v) is 9.17. The highest BCUT2D eigenvalue weighted by atomic mass is 79.9. The van der Waals surface area contributed by atoms with Crippen molar-refractivity contribution >= 4 is 43.2 Å². The fourth-order valence-electron chi connectivity index (χ4n) is 1.55. The van der Waals surface area contributed by atoms with Crippen LogP contribution in [0.4, 0.5) is 0 Å². The van der Waals surface area contributed by atoms with Crippen LogP contribution in [0.25, 0.3) is 0 Å². The van der Waals surface area contributed by atoms with Crippen molar-refractivity contribution in [2.24, 2.45) is 0 Å². The van der Waals surface area contributed by atoms with Crippen LogP contribution < -0.4 is 10.0 Å². The number of carbonyl (C=O) groups excluding carboxylic acids is 1. The molecule has 1 rings (SSSR count). The molecule has 8 heteroatoms. The van der Waals surface area contributed by atoms with Gasteiger partial charge < -0.3 is 5.32 Å². The lowest BCUT2D eigenvalue weighted by atomic mass is 10.1. The zero-order valence-electron chi connectivity index (χ0n) is 11.9. The summed E-state index contributed by atoms with van der Waals surface area (Å²) in [5.74, 6) is -0.177. The summed E-state index contributed by atoms with van der Waals surface area (Å²) < 4.78 is 27.4. The summed E-state index contributed by atoms with van der Waals surface area (Å²) in [7, 11) is -3.56. The highest BCUT2D eigenvalue weighted by Crippen LogP contribution is 2.29. The van der Waals surface area contributed by atoms with Gasteiger partial charge in [-0.2, -0.15) is 0 Å². The zero-order valence-corrected chi connectivity index (χ0v) is 15.1. The molecule has 0 atom stereocenters. The Kier molecular flexibility index (Phi) is 5.77. The topological polar surface area (TPSA) is 75.3 Å². The van der Waals surface area contributed by atoms with Crippen LogP contribution in [0.2, 0.25) is 0 Å². The largest absolute Gasteiger partial charge is 0.351 e. The monoisotopic (exact) mass is 382 g/mol. The molecule has 1 heterocycles. The lowest BCUT2D eigenvalue weighted by Crippen LogP contribution is -2.41. The number of amides is 1. The number of aryl methyl sites for hydroxylation is 1. The van der Waals surface area contributed by atoms with Gasteiger partial charge in [-0.1, -0.05) is 0 Å². The molecule has 2 N–H and O–H groups in total. The second-order valence-corrected chi connectivity index (χ2v) is 9.79. The average Bonchev–Trinajstić information content (AvgIpc) is 2.55. The normalized spacial score (nSPS) is 12.4. The Hall–Kier alpha value is -0.440. The van der Waals surface area contributed by atoms with Gasteiger partial charge >= 0.3 is 0 Å². The minimum atomic E-state index is -3.56. The maximum Gasteiger partial charge on any atom is 0.241 e. The summed E-state index contributed by atoms with van der Waals surface area (Å²) in [6.07, 6.45) is 0.112. The molecule has 0 unspecified atom stereocenters. The summed E-state index contributed by atoms with van der Waals surface area (Å²) in [5, 5.41) is 2.78. The maximum atomic E-state index is 12.1. The van der Waals surface area contributed by atoms with E-state index in [1.54, 1.807) is 13.0 Å². The van der Waals surface area contributed by atoms with E-state index in [-0.39, 0.29) is 29.3 Å². The molecule has 1 aromatic rings. The van der Waals surface area contributed by atoms with Crippen LogP contribution in [0.1, 0.15) is 32.1 Å². The van der Waals surface area contributed by atoms with Crippen LogP contribution in [0.3, 0.4) is 0 Å². The lowest BCUT2D eigenvalue weighted by molar-refractivity contribution is -0.122. The van der Waals surface area contributed by atoms with Crippen molar-refractivity contribution in [3.05, 3.63) is 14.7 Å². The van der Waals surface area contributed by atoms with Gasteiger partial charge in [-0.25, -0.2) is 13.1 Å². The van der Waals surface area contributed by atoms with Gasteiger partial charge in [0.2, 0.25) is 15.9 Å². The first-order chi connectivity index (χ1) is 9.01. The molecule has 0 aliphatic carbocycles. The second kappa shape index (κ2) is 6.55. The predicted octanol–water partition coefficient (Wildman–Crippen LogP) is 2.40. The molecule has 0 radical (unpaired) electrons. The van der Waals surface area contributed by atoms with Gasteiger partial charge in [-0.3, -0.25) is 4.79 Å². The Labute approximate surface area is 132 Å². The molecule has 0 spiro atoms. The number of hydrogen-bond donors (Lipinski definition) is 2. The molecule has 0 aliphatic heterocycles. The molecular formula is C12H19BrN2O3S2.